The average Bonchev–Trinajstić information content (AvgIpc) is 2.01. The van der Waals surface area contributed by atoms with Gasteiger partial charge in [0.2, 0.25) is 5.91 Å². The zero-order valence-corrected chi connectivity index (χ0v) is 9.83. The van der Waals surface area contributed by atoms with E-state index in [-0.39, 0.29) is 30.0 Å². The van der Waals surface area contributed by atoms with E-state index in [4.69, 9.17) is 4.74 Å². The van der Waals surface area contributed by atoms with Gasteiger partial charge in [0.1, 0.15) is 6.61 Å². The highest BCUT2D eigenvalue weighted by atomic mass is 16.5. The van der Waals surface area contributed by atoms with Crippen molar-refractivity contribution in [3.05, 3.63) is 0 Å². The lowest BCUT2D eigenvalue weighted by Crippen LogP contribution is -2.57. The molecular formula is C11H21NO2. The minimum absolute atomic E-state index is 0.0837. The molecule has 1 aliphatic rings. The number of hydrogen-bond acceptors (Lipinski definition) is 2. The van der Waals surface area contributed by atoms with Crippen LogP contribution in [0.3, 0.4) is 0 Å². The number of rotatable bonds is 1. The van der Waals surface area contributed by atoms with Gasteiger partial charge in [0, 0.05) is 6.04 Å². The molecule has 1 aliphatic heterocycles. The lowest BCUT2D eigenvalue weighted by molar-refractivity contribution is -0.156. The van der Waals surface area contributed by atoms with E-state index in [0.717, 1.165) is 0 Å². The summed E-state index contributed by atoms with van der Waals surface area (Å²) in [5, 5.41) is 0. The first-order chi connectivity index (χ1) is 6.34. The molecule has 1 saturated heterocycles. The zero-order valence-electron chi connectivity index (χ0n) is 9.83. The van der Waals surface area contributed by atoms with Crippen LogP contribution in [0.1, 0.15) is 34.6 Å². The van der Waals surface area contributed by atoms with Crippen molar-refractivity contribution < 1.29 is 9.53 Å². The van der Waals surface area contributed by atoms with Gasteiger partial charge in [-0.05, 0) is 19.3 Å². The maximum absolute atomic E-state index is 11.7. The van der Waals surface area contributed by atoms with Gasteiger partial charge in [0.15, 0.2) is 0 Å². The molecule has 1 unspecified atom stereocenters. The molecule has 1 rings (SSSR count). The summed E-state index contributed by atoms with van der Waals surface area (Å²) in [6.07, 6.45) is 0. The van der Waals surface area contributed by atoms with Crippen molar-refractivity contribution in [2.24, 2.45) is 5.41 Å². The molecule has 0 aromatic heterocycles. The number of amides is 1. The van der Waals surface area contributed by atoms with E-state index in [1.54, 1.807) is 0 Å². The minimum Gasteiger partial charge on any atom is -0.369 e. The molecule has 0 saturated carbocycles. The van der Waals surface area contributed by atoms with Crippen molar-refractivity contribution in [3.63, 3.8) is 0 Å². The molecule has 3 heteroatoms. The highest BCUT2D eigenvalue weighted by molar-refractivity contribution is 5.78. The molecule has 0 aromatic carbocycles. The predicted octanol–water partition coefficient (Wildman–Crippen LogP) is 1.67. The quantitative estimate of drug-likeness (QED) is 0.643. The van der Waals surface area contributed by atoms with Gasteiger partial charge in [-0.15, -0.1) is 0 Å². The van der Waals surface area contributed by atoms with Crippen LogP contribution in [0.4, 0.5) is 0 Å². The second-order valence-electron chi connectivity index (χ2n) is 5.29. The van der Waals surface area contributed by atoms with Crippen LogP contribution in [0.15, 0.2) is 0 Å². The highest BCUT2D eigenvalue weighted by Gasteiger charge is 2.37. The summed E-state index contributed by atoms with van der Waals surface area (Å²) in [6.45, 7) is 11.5. The molecule has 0 bridgehead atoms. The molecule has 1 heterocycles. The third-order valence-corrected chi connectivity index (χ3v) is 2.68. The van der Waals surface area contributed by atoms with Crippen molar-refractivity contribution in [3.8, 4) is 0 Å². The monoisotopic (exact) mass is 199 g/mol. The Morgan fingerprint density at radius 2 is 2.00 bits per heavy atom. The molecule has 14 heavy (non-hydrogen) atoms. The van der Waals surface area contributed by atoms with E-state index in [9.17, 15) is 4.79 Å². The molecule has 1 amide bonds. The lowest BCUT2D eigenvalue weighted by atomic mass is 9.85. The van der Waals surface area contributed by atoms with Crippen LogP contribution in [-0.4, -0.2) is 36.1 Å². The highest BCUT2D eigenvalue weighted by Crippen LogP contribution is 2.28. The topological polar surface area (TPSA) is 29.5 Å². The number of morpholine rings is 1. The zero-order chi connectivity index (χ0) is 10.9. The number of hydrogen-bond donors (Lipinski definition) is 0. The molecule has 1 fully saturated rings. The molecule has 1 atom stereocenters. The summed E-state index contributed by atoms with van der Waals surface area (Å²) in [5.41, 5.74) is 0.0837. The van der Waals surface area contributed by atoms with Crippen molar-refractivity contribution in [1.82, 2.24) is 4.90 Å². The molecule has 82 valence electrons. The molecule has 0 spiro atoms. The van der Waals surface area contributed by atoms with Gasteiger partial charge in [0.05, 0.1) is 12.6 Å². The van der Waals surface area contributed by atoms with Crippen LogP contribution < -0.4 is 0 Å². The van der Waals surface area contributed by atoms with Gasteiger partial charge in [-0.25, -0.2) is 0 Å². The Bertz CT molecular complexity index is 218. The summed E-state index contributed by atoms with van der Waals surface area (Å²) in [4.78, 5) is 13.7. The Labute approximate surface area is 86.4 Å². The summed E-state index contributed by atoms with van der Waals surface area (Å²) in [7, 11) is 0. The molecular weight excluding hydrogens is 178 g/mol. The van der Waals surface area contributed by atoms with Crippen LogP contribution >= 0.6 is 0 Å². The average molecular weight is 199 g/mol. The summed E-state index contributed by atoms with van der Waals surface area (Å²) >= 11 is 0. The van der Waals surface area contributed by atoms with Gasteiger partial charge in [-0.2, -0.15) is 0 Å². The third-order valence-electron chi connectivity index (χ3n) is 2.68. The molecule has 0 aromatic rings. The maximum Gasteiger partial charge on any atom is 0.249 e. The molecule has 0 N–H and O–H groups in total. The Morgan fingerprint density at radius 1 is 1.43 bits per heavy atom. The van der Waals surface area contributed by atoms with Gasteiger partial charge >= 0.3 is 0 Å². The fourth-order valence-corrected chi connectivity index (χ4v) is 1.90. The number of carbonyl (C=O) groups is 1. The number of nitrogens with zero attached hydrogens (tertiary/aromatic N) is 1. The van der Waals surface area contributed by atoms with Crippen molar-refractivity contribution in [2.45, 2.75) is 46.7 Å². The molecule has 3 nitrogen and oxygen atoms in total. The van der Waals surface area contributed by atoms with E-state index in [0.29, 0.717) is 6.61 Å². The fourth-order valence-electron chi connectivity index (χ4n) is 1.90. The van der Waals surface area contributed by atoms with Crippen molar-refractivity contribution in [1.29, 1.82) is 0 Å². The SMILES string of the molecule is CC(C)N1C(=O)COCC1C(C)(C)C. The normalized spacial score (nSPS) is 24.6. The van der Waals surface area contributed by atoms with Crippen LogP contribution in [0.2, 0.25) is 0 Å². The second-order valence-corrected chi connectivity index (χ2v) is 5.29. The van der Waals surface area contributed by atoms with Gasteiger partial charge in [0.25, 0.3) is 0 Å². The number of ether oxygens (including phenoxy) is 1. The van der Waals surface area contributed by atoms with E-state index in [1.807, 2.05) is 4.90 Å². The first-order valence-electron chi connectivity index (χ1n) is 5.23. The van der Waals surface area contributed by atoms with Gasteiger partial charge in [-0.3, -0.25) is 4.79 Å². The predicted molar refractivity (Wildman–Crippen MR) is 56.0 cm³/mol. The minimum atomic E-state index is 0.0837. The van der Waals surface area contributed by atoms with E-state index in [1.165, 1.54) is 0 Å². The van der Waals surface area contributed by atoms with Gasteiger partial charge in [-0.1, -0.05) is 20.8 Å². The summed E-state index contributed by atoms with van der Waals surface area (Å²) in [6, 6.07) is 0.458. The van der Waals surface area contributed by atoms with Crippen LogP contribution in [0.25, 0.3) is 0 Å². The van der Waals surface area contributed by atoms with Crippen molar-refractivity contribution in [2.75, 3.05) is 13.2 Å². The molecule has 0 aliphatic carbocycles. The van der Waals surface area contributed by atoms with Crippen molar-refractivity contribution >= 4 is 5.91 Å². The Morgan fingerprint density at radius 3 is 2.36 bits per heavy atom. The van der Waals surface area contributed by atoms with Gasteiger partial charge < -0.3 is 9.64 Å². The summed E-state index contributed by atoms with van der Waals surface area (Å²) in [5.74, 6) is 0.117. The lowest BCUT2D eigenvalue weighted by Gasteiger charge is -2.45. The van der Waals surface area contributed by atoms with Crippen LogP contribution in [0.5, 0.6) is 0 Å². The smallest absolute Gasteiger partial charge is 0.249 e. The Balaban J connectivity index is 2.86. The van der Waals surface area contributed by atoms with Crippen LogP contribution in [0, 0.1) is 5.41 Å². The van der Waals surface area contributed by atoms with E-state index in [2.05, 4.69) is 34.6 Å². The van der Waals surface area contributed by atoms with E-state index >= 15 is 0 Å². The van der Waals surface area contributed by atoms with E-state index < -0.39 is 0 Å². The first-order valence-corrected chi connectivity index (χ1v) is 5.23. The Kier molecular flexibility index (Phi) is 3.20. The maximum atomic E-state index is 11.7. The number of carbonyl (C=O) groups excluding carboxylic acids is 1. The largest absolute Gasteiger partial charge is 0.369 e. The Hall–Kier alpha value is -0.570. The fraction of sp³-hybridized carbons (Fsp3) is 0.909. The summed E-state index contributed by atoms with van der Waals surface area (Å²) < 4.78 is 5.31. The standard InChI is InChI=1S/C11H21NO2/c1-8(2)12-9(11(3,4)5)6-14-7-10(12)13/h8-9H,6-7H2,1-5H3. The third kappa shape index (κ3) is 2.27. The second kappa shape index (κ2) is 3.89. The molecule has 0 radical (unpaired) electrons. The first kappa shape index (κ1) is 11.5. The van der Waals surface area contributed by atoms with Crippen LogP contribution in [-0.2, 0) is 9.53 Å².